The Morgan fingerprint density at radius 2 is 1.82 bits per heavy atom. The molecule has 0 radical (unpaired) electrons. The molecule has 2 saturated carbocycles. The van der Waals surface area contributed by atoms with Crippen molar-refractivity contribution >= 4 is 15.9 Å². The first-order valence-corrected chi connectivity index (χ1v) is 8.73. The highest BCUT2D eigenvalue weighted by atomic mass is 79.9. The van der Waals surface area contributed by atoms with Gasteiger partial charge in [0.05, 0.1) is 0 Å². The van der Waals surface area contributed by atoms with Crippen LogP contribution in [0, 0.1) is 11.3 Å². The second-order valence-electron chi connectivity index (χ2n) is 6.81. The van der Waals surface area contributed by atoms with Crippen LogP contribution in [0.4, 0.5) is 0 Å². The molecule has 0 spiro atoms. The largest absolute Gasteiger partial charge is 0.300 e. The number of hydrogen-bond donors (Lipinski definition) is 0. The summed E-state index contributed by atoms with van der Waals surface area (Å²) >= 11 is 3.84. The van der Waals surface area contributed by atoms with Crippen molar-refractivity contribution in [1.82, 2.24) is 4.90 Å². The lowest BCUT2D eigenvalue weighted by Gasteiger charge is -2.38. The molecule has 2 bridgehead atoms. The van der Waals surface area contributed by atoms with Crippen LogP contribution in [0.3, 0.4) is 0 Å². The summed E-state index contributed by atoms with van der Waals surface area (Å²) in [6, 6.07) is 0.958. The minimum Gasteiger partial charge on any atom is -0.300 e. The van der Waals surface area contributed by atoms with Gasteiger partial charge in [-0.3, -0.25) is 4.90 Å². The van der Waals surface area contributed by atoms with E-state index >= 15 is 0 Å². The fraction of sp³-hybridized carbons (Fsp3) is 1.00. The first kappa shape index (κ1) is 12.5. The number of likely N-dealkylation sites (tertiary alicyclic amines) is 1. The molecule has 0 amide bonds. The molecule has 3 fully saturated rings. The maximum Gasteiger partial charge on any atom is 0.0100 e. The van der Waals surface area contributed by atoms with Crippen molar-refractivity contribution in [3.05, 3.63) is 0 Å². The maximum absolute atomic E-state index is 3.84. The van der Waals surface area contributed by atoms with E-state index in [-0.39, 0.29) is 0 Å². The van der Waals surface area contributed by atoms with Crippen LogP contribution in [-0.4, -0.2) is 29.4 Å². The zero-order valence-electron chi connectivity index (χ0n) is 11.0. The molecule has 1 aliphatic heterocycles. The van der Waals surface area contributed by atoms with Gasteiger partial charge in [0.1, 0.15) is 0 Å². The fourth-order valence-corrected chi connectivity index (χ4v) is 5.20. The van der Waals surface area contributed by atoms with Crippen LogP contribution in [0.2, 0.25) is 0 Å². The van der Waals surface area contributed by atoms with E-state index in [9.17, 15) is 0 Å². The summed E-state index contributed by atoms with van der Waals surface area (Å²) in [5, 5.41) is 1.23. The first-order valence-electron chi connectivity index (χ1n) is 7.61. The molecule has 1 heterocycles. The van der Waals surface area contributed by atoms with Crippen molar-refractivity contribution in [2.24, 2.45) is 11.3 Å². The van der Waals surface area contributed by atoms with Gasteiger partial charge in [-0.05, 0) is 43.4 Å². The summed E-state index contributed by atoms with van der Waals surface area (Å²) in [5.41, 5.74) is 0.612. The third-order valence-corrected chi connectivity index (χ3v) is 6.70. The van der Waals surface area contributed by atoms with Crippen LogP contribution in [0.5, 0.6) is 0 Å². The van der Waals surface area contributed by atoms with Crippen molar-refractivity contribution in [1.29, 1.82) is 0 Å². The zero-order chi connectivity index (χ0) is 11.7. The average Bonchev–Trinajstić information content (AvgIpc) is 2.87. The monoisotopic (exact) mass is 299 g/mol. The Hall–Kier alpha value is 0.440. The summed E-state index contributed by atoms with van der Waals surface area (Å²) in [6.07, 6.45) is 13.3. The Kier molecular flexibility index (Phi) is 3.82. The van der Waals surface area contributed by atoms with Gasteiger partial charge in [0.2, 0.25) is 0 Å². The maximum atomic E-state index is 3.84. The molecule has 98 valence electrons. The summed E-state index contributed by atoms with van der Waals surface area (Å²) in [5.74, 6) is 1.05. The van der Waals surface area contributed by atoms with Crippen LogP contribution in [-0.2, 0) is 0 Å². The molecule has 17 heavy (non-hydrogen) atoms. The lowest BCUT2D eigenvalue weighted by atomic mass is 9.81. The minimum atomic E-state index is 0.612. The number of alkyl halides is 1. The third-order valence-electron chi connectivity index (χ3n) is 5.51. The molecule has 0 aromatic rings. The van der Waals surface area contributed by atoms with E-state index in [1.165, 1.54) is 76.2 Å². The number of fused-ring (bicyclic) bond motifs is 2. The van der Waals surface area contributed by atoms with E-state index in [2.05, 4.69) is 20.8 Å². The number of rotatable bonds is 3. The molecule has 3 rings (SSSR count). The zero-order valence-corrected chi connectivity index (χ0v) is 12.6. The molecule has 1 saturated heterocycles. The van der Waals surface area contributed by atoms with Crippen molar-refractivity contribution in [3.8, 4) is 0 Å². The van der Waals surface area contributed by atoms with Gasteiger partial charge < -0.3 is 0 Å². The van der Waals surface area contributed by atoms with Crippen LogP contribution >= 0.6 is 15.9 Å². The predicted octanol–water partition coefficient (Wildman–Crippen LogP) is 4.21. The normalized spacial score (nSPS) is 37.2. The summed E-state index contributed by atoms with van der Waals surface area (Å²) < 4.78 is 0. The molecule has 2 atom stereocenters. The van der Waals surface area contributed by atoms with Crippen LogP contribution in [0.25, 0.3) is 0 Å². The smallest absolute Gasteiger partial charge is 0.0100 e. The van der Waals surface area contributed by atoms with Gasteiger partial charge >= 0.3 is 0 Å². The van der Waals surface area contributed by atoms with E-state index in [1.807, 2.05) is 0 Å². The second-order valence-corrected chi connectivity index (χ2v) is 7.37. The Labute approximate surface area is 114 Å². The minimum absolute atomic E-state index is 0.612. The molecule has 2 aliphatic carbocycles. The van der Waals surface area contributed by atoms with E-state index in [0.29, 0.717) is 5.41 Å². The molecular formula is C15H26BrN. The van der Waals surface area contributed by atoms with Gasteiger partial charge in [-0.25, -0.2) is 0 Å². The SMILES string of the molecule is BrCC1(CN2CC3CCC2C3)CCCCCC1. The number of nitrogens with zero attached hydrogens (tertiary/aromatic N) is 1. The number of hydrogen-bond acceptors (Lipinski definition) is 1. The fourth-order valence-electron chi connectivity index (χ4n) is 4.46. The number of piperidine rings is 1. The topological polar surface area (TPSA) is 3.24 Å². The van der Waals surface area contributed by atoms with E-state index < -0.39 is 0 Å². The highest BCUT2D eigenvalue weighted by Crippen LogP contribution is 2.43. The molecule has 0 N–H and O–H groups in total. The Morgan fingerprint density at radius 3 is 2.35 bits per heavy atom. The van der Waals surface area contributed by atoms with Gasteiger partial charge in [-0.15, -0.1) is 0 Å². The van der Waals surface area contributed by atoms with Crippen molar-refractivity contribution in [2.75, 3.05) is 18.4 Å². The Balaban J connectivity index is 1.64. The Bertz CT molecular complexity index is 258. The third kappa shape index (κ3) is 2.58. The molecule has 1 nitrogen and oxygen atoms in total. The molecule has 2 unspecified atom stereocenters. The molecule has 0 aromatic heterocycles. The van der Waals surface area contributed by atoms with Crippen molar-refractivity contribution in [2.45, 2.75) is 63.8 Å². The summed E-state index contributed by atoms with van der Waals surface area (Å²) in [6.45, 7) is 2.80. The quantitative estimate of drug-likeness (QED) is 0.557. The Morgan fingerprint density at radius 1 is 1.06 bits per heavy atom. The predicted molar refractivity (Wildman–Crippen MR) is 76.6 cm³/mol. The molecule has 2 heteroatoms. The lowest BCUT2D eigenvalue weighted by Crippen LogP contribution is -2.42. The van der Waals surface area contributed by atoms with Gasteiger partial charge in [0.25, 0.3) is 0 Å². The van der Waals surface area contributed by atoms with Crippen molar-refractivity contribution in [3.63, 3.8) is 0 Å². The van der Waals surface area contributed by atoms with Gasteiger partial charge in [-0.1, -0.05) is 41.6 Å². The van der Waals surface area contributed by atoms with E-state index in [4.69, 9.17) is 0 Å². The second kappa shape index (κ2) is 5.21. The van der Waals surface area contributed by atoms with Crippen LogP contribution in [0.15, 0.2) is 0 Å². The highest BCUT2D eigenvalue weighted by Gasteiger charge is 2.41. The lowest BCUT2D eigenvalue weighted by molar-refractivity contribution is 0.121. The first-order chi connectivity index (χ1) is 8.31. The highest BCUT2D eigenvalue weighted by molar-refractivity contribution is 9.09. The summed E-state index contributed by atoms with van der Waals surface area (Å²) in [7, 11) is 0. The van der Waals surface area contributed by atoms with Gasteiger partial charge in [-0.2, -0.15) is 0 Å². The van der Waals surface area contributed by atoms with Crippen LogP contribution < -0.4 is 0 Å². The molecule has 3 aliphatic rings. The standard InChI is InChI=1S/C15H26BrN/c16-11-15(7-3-1-2-4-8-15)12-17-10-13-5-6-14(17)9-13/h13-14H,1-12H2. The van der Waals surface area contributed by atoms with Crippen LogP contribution in [0.1, 0.15) is 57.8 Å². The summed E-state index contributed by atoms with van der Waals surface area (Å²) in [4.78, 5) is 2.85. The van der Waals surface area contributed by atoms with E-state index in [1.54, 1.807) is 0 Å². The van der Waals surface area contributed by atoms with Crippen molar-refractivity contribution < 1.29 is 0 Å². The van der Waals surface area contributed by atoms with Gasteiger partial charge in [0.15, 0.2) is 0 Å². The van der Waals surface area contributed by atoms with Gasteiger partial charge in [0, 0.05) is 24.5 Å². The molecule has 0 aromatic carbocycles. The van der Waals surface area contributed by atoms with E-state index in [0.717, 1.165) is 12.0 Å². The molecular weight excluding hydrogens is 274 g/mol. The average molecular weight is 300 g/mol. The number of halogens is 1.